The van der Waals surface area contributed by atoms with Gasteiger partial charge in [-0.1, -0.05) is 12.1 Å². The topological polar surface area (TPSA) is 66.8 Å². The highest BCUT2D eigenvalue weighted by atomic mass is 16.5. The Kier molecular flexibility index (Phi) is 4.02. The van der Waals surface area contributed by atoms with Crippen molar-refractivity contribution in [3.8, 4) is 0 Å². The van der Waals surface area contributed by atoms with E-state index in [9.17, 15) is 9.59 Å². The molecule has 0 aromatic heterocycles. The van der Waals surface area contributed by atoms with Crippen molar-refractivity contribution in [3.05, 3.63) is 29.8 Å². The van der Waals surface area contributed by atoms with Gasteiger partial charge in [0.2, 0.25) is 0 Å². The van der Waals surface area contributed by atoms with E-state index < -0.39 is 5.97 Å². The highest BCUT2D eigenvalue weighted by molar-refractivity contribution is 6.01. The Morgan fingerprint density at radius 3 is 2.56 bits per heavy atom. The number of benzene rings is 1. The van der Waals surface area contributed by atoms with Gasteiger partial charge in [-0.3, -0.25) is 4.79 Å². The van der Waals surface area contributed by atoms with Crippen molar-refractivity contribution in [1.82, 2.24) is 0 Å². The Morgan fingerprint density at radius 2 is 2.00 bits per heavy atom. The Hall–Kier alpha value is -1.88. The van der Waals surface area contributed by atoms with Crippen LogP contribution in [0.25, 0.3) is 0 Å². The molecule has 1 N–H and O–H groups in total. The van der Waals surface area contributed by atoms with Crippen molar-refractivity contribution in [1.29, 1.82) is 0 Å². The summed E-state index contributed by atoms with van der Waals surface area (Å²) in [4.78, 5) is 23.7. The minimum atomic E-state index is -1.06. The molecule has 5 heteroatoms. The van der Waals surface area contributed by atoms with Crippen LogP contribution in [-0.4, -0.2) is 37.7 Å². The summed E-state index contributed by atoms with van der Waals surface area (Å²) in [5.41, 5.74) is 0.450. The van der Waals surface area contributed by atoms with E-state index in [-0.39, 0.29) is 18.1 Å². The van der Waals surface area contributed by atoms with Gasteiger partial charge in [0.15, 0.2) is 0 Å². The number of methoxy groups -OCH3 is 1. The maximum absolute atomic E-state index is 11.5. The molecular weight excluding hydrogens is 210 g/mol. The summed E-state index contributed by atoms with van der Waals surface area (Å²) in [6, 6.07) is 6.32. The lowest BCUT2D eigenvalue weighted by Gasteiger charge is -2.18. The number of amides is 1. The number of carbonyl (C=O) groups excluding carboxylic acids is 1. The van der Waals surface area contributed by atoms with Gasteiger partial charge >= 0.3 is 5.97 Å². The number of aromatic carboxylic acids is 1. The molecule has 1 rings (SSSR count). The number of hydrogen-bond acceptors (Lipinski definition) is 3. The smallest absolute Gasteiger partial charge is 0.337 e. The first-order valence-corrected chi connectivity index (χ1v) is 4.65. The highest BCUT2D eigenvalue weighted by Gasteiger charge is 2.17. The van der Waals surface area contributed by atoms with E-state index in [0.29, 0.717) is 5.69 Å². The van der Waals surface area contributed by atoms with Gasteiger partial charge in [-0.2, -0.15) is 0 Å². The lowest BCUT2D eigenvalue weighted by atomic mass is 10.1. The van der Waals surface area contributed by atoms with Crippen molar-refractivity contribution >= 4 is 17.6 Å². The Balaban J connectivity index is 3.03. The lowest BCUT2D eigenvalue weighted by molar-refractivity contribution is -0.121. The second-order valence-electron chi connectivity index (χ2n) is 3.21. The zero-order valence-electron chi connectivity index (χ0n) is 9.14. The molecule has 1 aromatic rings. The number of carbonyl (C=O) groups is 2. The third-order valence-electron chi connectivity index (χ3n) is 2.14. The van der Waals surface area contributed by atoms with Crippen molar-refractivity contribution in [2.45, 2.75) is 0 Å². The molecule has 0 aliphatic heterocycles. The Bertz CT molecular complexity index is 403. The lowest BCUT2D eigenvalue weighted by Crippen LogP contribution is -2.30. The maximum atomic E-state index is 11.5. The third-order valence-corrected chi connectivity index (χ3v) is 2.14. The summed E-state index contributed by atoms with van der Waals surface area (Å²) >= 11 is 0. The molecule has 5 nitrogen and oxygen atoms in total. The predicted octanol–water partition coefficient (Wildman–Crippen LogP) is 0.994. The van der Waals surface area contributed by atoms with Gasteiger partial charge in [-0.25, -0.2) is 4.79 Å². The molecule has 0 aliphatic rings. The number of anilines is 1. The van der Waals surface area contributed by atoms with Crippen LogP contribution in [0, 0.1) is 0 Å². The normalized spacial score (nSPS) is 9.88. The van der Waals surface area contributed by atoms with E-state index in [0.717, 1.165) is 0 Å². The molecule has 0 bridgehead atoms. The number of carboxylic acid groups (broad SMARTS) is 1. The van der Waals surface area contributed by atoms with Crippen molar-refractivity contribution in [3.63, 3.8) is 0 Å². The fourth-order valence-corrected chi connectivity index (χ4v) is 1.30. The number of ether oxygens (including phenoxy) is 1. The molecule has 16 heavy (non-hydrogen) atoms. The molecule has 1 aromatic carbocycles. The summed E-state index contributed by atoms with van der Waals surface area (Å²) in [6.45, 7) is -0.0789. The zero-order chi connectivity index (χ0) is 12.1. The van der Waals surface area contributed by atoms with Crippen LogP contribution in [0.5, 0.6) is 0 Å². The number of rotatable bonds is 4. The molecule has 0 fully saturated rings. The minimum absolute atomic E-state index is 0.0789. The number of para-hydroxylation sites is 1. The minimum Gasteiger partial charge on any atom is -0.478 e. The van der Waals surface area contributed by atoms with Crippen molar-refractivity contribution in [2.24, 2.45) is 0 Å². The fraction of sp³-hybridized carbons (Fsp3) is 0.273. The predicted molar refractivity (Wildman–Crippen MR) is 58.7 cm³/mol. The van der Waals surface area contributed by atoms with Gasteiger partial charge in [0.25, 0.3) is 5.91 Å². The average Bonchev–Trinajstić information content (AvgIpc) is 2.28. The van der Waals surface area contributed by atoms with Crippen LogP contribution in [0.1, 0.15) is 10.4 Å². The number of nitrogens with zero attached hydrogens (tertiary/aromatic N) is 1. The first-order chi connectivity index (χ1) is 7.57. The van der Waals surface area contributed by atoms with Gasteiger partial charge < -0.3 is 14.7 Å². The van der Waals surface area contributed by atoms with Crippen LogP contribution < -0.4 is 4.90 Å². The van der Waals surface area contributed by atoms with E-state index >= 15 is 0 Å². The first kappa shape index (κ1) is 12.2. The van der Waals surface area contributed by atoms with Crippen LogP contribution in [0.3, 0.4) is 0 Å². The Labute approximate surface area is 93.2 Å². The van der Waals surface area contributed by atoms with Crippen LogP contribution in [0.2, 0.25) is 0 Å². The molecule has 86 valence electrons. The number of hydrogen-bond donors (Lipinski definition) is 1. The SMILES string of the molecule is COCC(=O)N(C)c1ccccc1C(=O)O. The molecule has 0 unspecified atom stereocenters. The van der Waals surface area contributed by atoms with Gasteiger partial charge in [-0.15, -0.1) is 0 Å². The molecular formula is C11H13NO4. The molecule has 1 amide bonds. The standard InChI is InChI=1S/C11H13NO4/c1-12(10(13)7-16-2)9-6-4-3-5-8(9)11(14)15/h3-6H,7H2,1-2H3,(H,14,15). The van der Waals surface area contributed by atoms with Crippen molar-refractivity contribution < 1.29 is 19.4 Å². The Morgan fingerprint density at radius 1 is 1.38 bits per heavy atom. The van der Waals surface area contributed by atoms with E-state index in [1.807, 2.05) is 0 Å². The second-order valence-corrected chi connectivity index (χ2v) is 3.21. The second kappa shape index (κ2) is 5.27. The number of likely N-dealkylation sites (N-methyl/N-ethyl adjacent to an activating group) is 1. The average molecular weight is 223 g/mol. The molecule has 0 atom stereocenters. The quantitative estimate of drug-likeness (QED) is 0.826. The molecule has 0 spiro atoms. The van der Waals surface area contributed by atoms with Crippen LogP contribution >= 0.6 is 0 Å². The van der Waals surface area contributed by atoms with Gasteiger partial charge in [-0.05, 0) is 12.1 Å². The molecule has 0 saturated heterocycles. The van der Waals surface area contributed by atoms with E-state index in [4.69, 9.17) is 9.84 Å². The first-order valence-electron chi connectivity index (χ1n) is 4.65. The summed E-state index contributed by atoms with van der Waals surface area (Å²) in [7, 11) is 2.93. The highest BCUT2D eigenvalue weighted by Crippen LogP contribution is 2.19. The third kappa shape index (κ3) is 2.58. The summed E-state index contributed by atoms with van der Waals surface area (Å²) in [5.74, 6) is -1.36. The zero-order valence-corrected chi connectivity index (χ0v) is 9.14. The van der Waals surface area contributed by atoms with E-state index in [2.05, 4.69) is 0 Å². The van der Waals surface area contributed by atoms with E-state index in [1.165, 1.54) is 25.1 Å². The van der Waals surface area contributed by atoms with Crippen LogP contribution in [-0.2, 0) is 9.53 Å². The van der Waals surface area contributed by atoms with Crippen LogP contribution in [0.15, 0.2) is 24.3 Å². The van der Waals surface area contributed by atoms with E-state index in [1.54, 1.807) is 18.2 Å². The molecule has 0 aliphatic carbocycles. The summed E-state index contributed by atoms with van der Waals surface area (Å²) < 4.78 is 4.71. The number of carboxylic acids is 1. The van der Waals surface area contributed by atoms with Gasteiger partial charge in [0, 0.05) is 14.2 Å². The monoisotopic (exact) mass is 223 g/mol. The van der Waals surface area contributed by atoms with Gasteiger partial charge in [0.1, 0.15) is 6.61 Å². The molecule has 0 saturated carbocycles. The summed E-state index contributed by atoms with van der Waals surface area (Å²) in [5, 5.41) is 8.96. The molecule has 0 heterocycles. The van der Waals surface area contributed by atoms with Crippen molar-refractivity contribution in [2.75, 3.05) is 25.7 Å². The maximum Gasteiger partial charge on any atom is 0.337 e. The largest absolute Gasteiger partial charge is 0.478 e. The molecule has 0 radical (unpaired) electrons. The van der Waals surface area contributed by atoms with Crippen LogP contribution in [0.4, 0.5) is 5.69 Å². The van der Waals surface area contributed by atoms with Gasteiger partial charge in [0.05, 0.1) is 11.3 Å². The summed E-state index contributed by atoms with van der Waals surface area (Å²) in [6.07, 6.45) is 0. The fourth-order valence-electron chi connectivity index (χ4n) is 1.30.